The first-order valence-electron chi connectivity index (χ1n) is 11.3. The van der Waals surface area contributed by atoms with Crippen molar-refractivity contribution in [3.63, 3.8) is 0 Å². The lowest BCUT2D eigenvalue weighted by Gasteiger charge is -2.53. The first kappa shape index (κ1) is 29.4. The van der Waals surface area contributed by atoms with Gasteiger partial charge in [-0.3, -0.25) is 24.1 Å². The number of halogens is 2. The molecule has 14 heteroatoms. The molecule has 8 N–H and O–H groups in total. The van der Waals surface area contributed by atoms with Gasteiger partial charge in [0.15, 0.2) is 17.1 Å². The van der Waals surface area contributed by atoms with Crippen LogP contribution in [0.1, 0.15) is 28.8 Å². The van der Waals surface area contributed by atoms with Gasteiger partial charge in [0, 0.05) is 11.5 Å². The summed E-state index contributed by atoms with van der Waals surface area (Å²) in [4.78, 5) is 52.2. The van der Waals surface area contributed by atoms with E-state index in [-0.39, 0.29) is 29.2 Å². The molecule has 0 bridgehead atoms. The zero-order valence-corrected chi connectivity index (χ0v) is 22.0. The van der Waals surface area contributed by atoms with Gasteiger partial charge >= 0.3 is 0 Å². The van der Waals surface area contributed by atoms with Crippen molar-refractivity contribution in [2.75, 3.05) is 25.3 Å². The molecular weight excluding hydrogens is 545 g/mol. The van der Waals surface area contributed by atoms with Crippen LogP contribution in [0.2, 0.25) is 0 Å². The number of Topliss-reactive ketones (excluding diaryl/α,β-unsaturated/α-hetero) is 2. The van der Waals surface area contributed by atoms with Gasteiger partial charge in [-0.2, -0.15) is 0 Å². The maximum absolute atomic E-state index is 13.7. The van der Waals surface area contributed by atoms with Gasteiger partial charge in [-0.1, -0.05) is 13.0 Å². The third-order valence-corrected chi connectivity index (χ3v) is 7.77. The maximum atomic E-state index is 13.7. The van der Waals surface area contributed by atoms with Crippen molar-refractivity contribution >= 4 is 53.1 Å². The van der Waals surface area contributed by atoms with Crippen LogP contribution >= 0.6 is 24.0 Å². The molecule has 0 fully saturated rings. The summed E-state index contributed by atoms with van der Waals surface area (Å²) in [6.07, 6.45) is -1.69. The highest BCUT2D eigenvalue weighted by atomic mass is 35.5. The summed E-state index contributed by atoms with van der Waals surface area (Å²) in [6, 6.07) is 1.47. The van der Waals surface area contributed by atoms with E-state index < -0.39 is 93.2 Å². The van der Waals surface area contributed by atoms with Crippen LogP contribution in [0.25, 0.3) is 0 Å². The van der Waals surface area contributed by atoms with E-state index in [2.05, 4.69) is 5.32 Å². The third kappa shape index (κ3) is 3.78. The van der Waals surface area contributed by atoms with Gasteiger partial charge in [0.25, 0.3) is 5.91 Å². The minimum absolute atomic E-state index is 0. The second kappa shape index (κ2) is 9.86. The number of likely N-dealkylation sites (N-methyl/N-ethyl adjacent to an activating group) is 1. The van der Waals surface area contributed by atoms with Crippen molar-refractivity contribution in [2.45, 2.75) is 30.6 Å². The highest BCUT2D eigenvalue weighted by Gasteiger charge is 2.67. The Hall–Kier alpha value is -3.16. The summed E-state index contributed by atoms with van der Waals surface area (Å²) in [6.45, 7) is 1.60. The fourth-order valence-electron chi connectivity index (χ4n) is 5.91. The molecule has 1 aromatic rings. The molecule has 0 saturated heterocycles. The number of alkyl halides is 1. The Balaban J connectivity index is 0.00000400. The van der Waals surface area contributed by atoms with Crippen LogP contribution in [0.15, 0.2) is 34.8 Å². The van der Waals surface area contributed by atoms with Gasteiger partial charge in [0.2, 0.25) is 11.7 Å². The quantitative estimate of drug-likeness (QED) is 0.149. The Labute approximate surface area is 227 Å². The van der Waals surface area contributed by atoms with E-state index in [4.69, 9.17) is 17.3 Å². The molecule has 0 radical (unpaired) electrons. The lowest BCUT2D eigenvalue weighted by Crippen LogP contribution is -2.68. The molecule has 2 amide bonds. The van der Waals surface area contributed by atoms with Crippen molar-refractivity contribution in [1.29, 1.82) is 0 Å². The molecule has 0 saturated carbocycles. The average Bonchev–Trinajstić information content (AvgIpc) is 2.82. The van der Waals surface area contributed by atoms with Crippen LogP contribution in [-0.2, 0) is 14.4 Å². The normalized spacial score (nSPS) is 30.3. The van der Waals surface area contributed by atoms with E-state index in [0.717, 1.165) is 0 Å². The molecule has 0 spiro atoms. The number of nitrogens with one attached hydrogen (secondary N) is 1. The van der Waals surface area contributed by atoms with Gasteiger partial charge in [0.05, 0.1) is 29.3 Å². The fourth-order valence-corrected chi connectivity index (χ4v) is 5.97. The number of aliphatic hydroxyl groups excluding tert-OH is 3. The smallest absolute Gasteiger partial charge is 0.255 e. The number of phenols is 1. The van der Waals surface area contributed by atoms with E-state index in [1.807, 2.05) is 0 Å². The van der Waals surface area contributed by atoms with Crippen LogP contribution in [0.5, 0.6) is 5.75 Å². The van der Waals surface area contributed by atoms with Crippen molar-refractivity contribution < 1.29 is 44.7 Å². The van der Waals surface area contributed by atoms with Crippen LogP contribution in [0.3, 0.4) is 0 Å². The molecule has 0 aromatic heterocycles. The molecule has 3 aliphatic rings. The van der Waals surface area contributed by atoms with Crippen LogP contribution in [0.4, 0.5) is 5.69 Å². The van der Waals surface area contributed by atoms with Crippen LogP contribution in [-0.4, -0.2) is 91.5 Å². The molecule has 4 rings (SSSR count). The van der Waals surface area contributed by atoms with E-state index in [9.17, 15) is 44.7 Å². The van der Waals surface area contributed by atoms with E-state index in [1.165, 1.54) is 31.1 Å². The number of carbonyl (C=O) groups is 4. The lowest BCUT2D eigenvalue weighted by molar-refractivity contribution is -0.162. The number of nitrogens with two attached hydrogens (primary N) is 1. The lowest BCUT2D eigenvalue weighted by atomic mass is 9.55. The molecule has 0 aliphatic heterocycles. The van der Waals surface area contributed by atoms with Crippen molar-refractivity contribution in [2.24, 2.45) is 17.6 Å². The van der Waals surface area contributed by atoms with Crippen molar-refractivity contribution in [3.05, 3.63) is 45.9 Å². The van der Waals surface area contributed by atoms with Gasteiger partial charge in [-0.25, -0.2) is 0 Å². The summed E-state index contributed by atoms with van der Waals surface area (Å²) in [5.74, 6) is -11.0. The number of primary amides is 1. The Morgan fingerprint density at radius 1 is 1.18 bits per heavy atom. The largest absolute Gasteiger partial charge is 0.510 e. The number of aromatic hydroxyl groups is 1. The Bertz CT molecular complexity index is 1330. The second-order valence-corrected chi connectivity index (χ2v) is 9.93. The summed E-state index contributed by atoms with van der Waals surface area (Å²) >= 11 is 5.50. The van der Waals surface area contributed by atoms with Gasteiger partial charge < -0.3 is 36.6 Å². The minimum atomic E-state index is -3.00. The zero-order chi connectivity index (χ0) is 27.7. The van der Waals surface area contributed by atoms with Crippen LogP contribution in [0, 0.1) is 11.8 Å². The second-order valence-electron chi connectivity index (χ2n) is 9.66. The molecule has 0 heterocycles. The Morgan fingerprint density at radius 3 is 2.32 bits per heavy atom. The van der Waals surface area contributed by atoms with E-state index in [0.29, 0.717) is 0 Å². The highest BCUT2D eigenvalue weighted by molar-refractivity contribution is 6.29. The molecule has 12 nitrogen and oxygen atoms in total. The number of phenolic OH excluding ortho intramolecular Hbond substituents is 1. The number of benzene rings is 1. The number of rotatable bonds is 4. The number of aliphatic hydroxyl groups is 4. The number of amides is 2. The maximum Gasteiger partial charge on any atom is 0.255 e. The molecule has 38 heavy (non-hydrogen) atoms. The minimum Gasteiger partial charge on any atom is -0.510 e. The molecule has 3 aliphatic carbocycles. The molecule has 1 aromatic carbocycles. The van der Waals surface area contributed by atoms with E-state index in [1.54, 1.807) is 6.92 Å². The van der Waals surface area contributed by atoms with Gasteiger partial charge in [-0.05, 0) is 31.6 Å². The SMILES string of the molecule is CC1c2ccc(NC(=O)CCl)c(O)c2C(=O)C2=C(O)C3(O)C(=O)C(C(N)=O)=C(O)[C@@H](N(C)C)C3C(O)C21.Cl. The standard InChI is InChI=1S/C24H26ClN3O9.ClH/c1-7-8-4-5-9(27-10(29)6-25)17(30)12(8)18(31)13-11(7)19(32)15-16(28(2)3)20(33)14(23(26)36)22(35)24(15,37)21(13)34;/h4-5,7,11,15-16,19,30,32-34,37H,6H2,1-3H3,(H2,26,36)(H,27,29);1H/t7?,11?,15?,16-,19?,24?;/m0./s1. The summed E-state index contributed by atoms with van der Waals surface area (Å²) in [5.41, 5.74) is 0.608. The number of hydrogen-bond donors (Lipinski definition) is 7. The highest BCUT2D eigenvalue weighted by Crippen LogP contribution is 2.56. The first-order chi connectivity index (χ1) is 17.2. The number of ketones is 2. The topological polar surface area (TPSA) is 211 Å². The van der Waals surface area contributed by atoms with E-state index >= 15 is 0 Å². The number of carbonyl (C=O) groups excluding carboxylic acids is 4. The summed E-state index contributed by atoms with van der Waals surface area (Å²) < 4.78 is 0. The Morgan fingerprint density at radius 2 is 1.79 bits per heavy atom. The van der Waals surface area contributed by atoms with Gasteiger partial charge in [0.1, 0.15) is 23.0 Å². The monoisotopic (exact) mass is 571 g/mol. The zero-order valence-electron chi connectivity index (χ0n) is 20.4. The predicted octanol–water partition coefficient (Wildman–Crippen LogP) is 0.251. The average molecular weight is 572 g/mol. The molecule has 206 valence electrons. The summed E-state index contributed by atoms with van der Waals surface area (Å²) in [7, 11) is 2.91. The third-order valence-electron chi connectivity index (χ3n) is 7.53. The fraction of sp³-hybridized carbons (Fsp3) is 0.417. The summed E-state index contributed by atoms with van der Waals surface area (Å²) in [5, 5.41) is 58.5. The number of anilines is 1. The molecule has 6 atom stereocenters. The first-order valence-corrected chi connectivity index (χ1v) is 11.8. The van der Waals surface area contributed by atoms with Crippen molar-refractivity contribution in [1.82, 2.24) is 4.90 Å². The van der Waals surface area contributed by atoms with Crippen LogP contribution < -0.4 is 11.1 Å². The predicted molar refractivity (Wildman–Crippen MR) is 136 cm³/mol. The number of nitrogens with zero attached hydrogens (tertiary/aromatic N) is 1. The molecule has 5 unspecified atom stereocenters. The Kier molecular flexibility index (Phi) is 7.63. The number of hydrogen-bond acceptors (Lipinski definition) is 10. The van der Waals surface area contributed by atoms with Crippen molar-refractivity contribution in [3.8, 4) is 5.75 Å². The van der Waals surface area contributed by atoms with Gasteiger partial charge in [-0.15, -0.1) is 24.0 Å². The molecular formula is C24H27Cl2N3O9. The number of fused-ring (bicyclic) bond motifs is 3.